The highest BCUT2D eigenvalue weighted by molar-refractivity contribution is 7.98. The van der Waals surface area contributed by atoms with Gasteiger partial charge in [-0.3, -0.25) is 33.6 Å². The van der Waals surface area contributed by atoms with E-state index in [1.54, 1.807) is 48.0 Å². The Bertz CT molecular complexity index is 1550. The Kier molecular flexibility index (Phi) is 19.9. The molecule has 1 aromatic carbocycles. The van der Waals surface area contributed by atoms with E-state index in [1.165, 1.54) is 26.2 Å². The van der Waals surface area contributed by atoms with Gasteiger partial charge in [-0.05, 0) is 81.3 Å². The molecule has 4 N–H and O–H groups in total. The number of ether oxygens (including phenoxy) is 3. The van der Waals surface area contributed by atoms with Crippen molar-refractivity contribution in [1.29, 1.82) is 0 Å². The number of amides is 5. The summed E-state index contributed by atoms with van der Waals surface area (Å²) in [5.74, 6) is -2.93. The van der Waals surface area contributed by atoms with Crippen LogP contribution in [-0.2, 0) is 44.7 Å². The number of likely N-dealkylation sites (tertiary alicyclic amines) is 1. The Morgan fingerprint density at radius 2 is 1.59 bits per heavy atom. The van der Waals surface area contributed by atoms with E-state index >= 15 is 0 Å². The molecule has 1 aliphatic heterocycles. The molecule has 17 heteroatoms. The highest BCUT2D eigenvalue weighted by Crippen LogP contribution is 2.32. The fraction of sp³-hybridized carbons (Fsp3) is 0.714. The summed E-state index contributed by atoms with van der Waals surface area (Å²) in [7, 11) is 8.37. The van der Waals surface area contributed by atoms with E-state index in [-0.39, 0.29) is 54.9 Å². The van der Waals surface area contributed by atoms with Crippen LogP contribution in [0.25, 0.3) is 0 Å². The van der Waals surface area contributed by atoms with Crippen molar-refractivity contribution in [2.24, 2.45) is 17.8 Å². The van der Waals surface area contributed by atoms with Crippen LogP contribution in [0.15, 0.2) is 24.3 Å². The Hall–Kier alpha value is -3.93. The Morgan fingerprint density at radius 3 is 2.14 bits per heavy atom. The predicted octanol–water partition coefficient (Wildman–Crippen LogP) is 2.73. The van der Waals surface area contributed by atoms with Gasteiger partial charge in [-0.2, -0.15) is 0 Å². The summed E-state index contributed by atoms with van der Waals surface area (Å²) < 4.78 is 20.0. The molecule has 0 aromatic heterocycles. The lowest BCUT2D eigenvalue weighted by molar-refractivity contribution is -0.146. The molecule has 3 rings (SSSR count). The number of nitrogens with zero attached hydrogens (tertiary/aromatic N) is 3. The smallest absolute Gasteiger partial charge is 0.341 e. The SMILES string of the molecule is CCC(C)C(C(CC(=O)N1CCCC1C(OC)C(C)C(=O)NC(Cc1ccc(OCC(=O)O)cc1)C(=O)NSC1CC1)OC)N(C)C(=O)CNC(=O)C(C(C)C)N(C)C. The lowest BCUT2D eigenvalue weighted by Crippen LogP contribution is -2.55. The molecule has 0 bridgehead atoms. The maximum absolute atomic E-state index is 14.2. The number of carbonyl (C=O) groups is 6. The first-order valence-corrected chi connectivity index (χ1v) is 21.6. The number of carbonyl (C=O) groups excluding carboxylic acids is 5. The zero-order chi connectivity index (χ0) is 44.0. The van der Waals surface area contributed by atoms with E-state index in [1.807, 2.05) is 46.7 Å². The van der Waals surface area contributed by atoms with Crippen molar-refractivity contribution < 1.29 is 48.1 Å². The molecule has 16 nitrogen and oxygen atoms in total. The summed E-state index contributed by atoms with van der Waals surface area (Å²) in [6, 6.07) is 4.48. The number of benzene rings is 1. The molecule has 59 heavy (non-hydrogen) atoms. The fourth-order valence-electron chi connectivity index (χ4n) is 7.86. The second kappa shape index (κ2) is 23.8. The summed E-state index contributed by atoms with van der Waals surface area (Å²) in [6.07, 6.45) is 2.87. The summed E-state index contributed by atoms with van der Waals surface area (Å²) in [4.78, 5) is 84.2. The minimum Gasteiger partial charge on any atom is -0.482 e. The van der Waals surface area contributed by atoms with Crippen molar-refractivity contribution in [1.82, 2.24) is 30.1 Å². The highest BCUT2D eigenvalue weighted by Gasteiger charge is 2.42. The summed E-state index contributed by atoms with van der Waals surface area (Å²) in [6.45, 7) is 9.44. The van der Waals surface area contributed by atoms with Crippen LogP contribution in [0.3, 0.4) is 0 Å². The molecule has 1 saturated carbocycles. The quantitative estimate of drug-likeness (QED) is 0.105. The lowest BCUT2D eigenvalue weighted by atomic mass is 9.90. The first kappa shape index (κ1) is 49.4. The third-order valence-electron chi connectivity index (χ3n) is 11.4. The molecule has 1 aromatic rings. The van der Waals surface area contributed by atoms with Crippen molar-refractivity contribution in [3.8, 4) is 5.75 Å². The second-order valence-electron chi connectivity index (χ2n) is 16.4. The van der Waals surface area contributed by atoms with Crippen molar-refractivity contribution in [2.45, 2.75) is 121 Å². The van der Waals surface area contributed by atoms with Gasteiger partial charge >= 0.3 is 5.97 Å². The van der Waals surface area contributed by atoms with Crippen LogP contribution >= 0.6 is 11.9 Å². The van der Waals surface area contributed by atoms with Crippen LogP contribution in [0, 0.1) is 17.8 Å². The number of carboxylic acid groups (broad SMARTS) is 1. The topological polar surface area (TPSA) is 196 Å². The first-order chi connectivity index (χ1) is 27.9. The number of aliphatic carboxylic acids is 1. The zero-order valence-electron chi connectivity index (χ0n) is 36.5. The largest absolute Gasteiger partial charge is 0.482 e. The van der Waals surface area contributed by atoms with Crippen molar-refractivity contribution in [3.63, 3.8) is 0 Å². The first-order valence-electron chi connectivity index (χ1n) is 20.7. The number of nitrogens with one attached hydrogen (secondary N) is 3. The molecule has 332 valence electrons. The van der Waals surface area contributed by atoms with Gasteiger partial charge in [0.1, 0.15) is 11.8 Å². The predicted molar refractivity (Wildman–Crippen MR) is 225 cm³/mol. The second-order valence-corrected chi connectivity index (χ2v) is 17.5. The number of rotatable bonds is 25. The van der Waals surface area contributed by atoms with Gasteiger partial charge in [-0.15, -0.1) is 0 Å². The van der Waals surface area contributed by atoms with E-state index in [0.717, 1.165) is 18.4 Å². The van der Waals surface area contributed by atoms with Gasteiger partial charge in [0.05, 0.1) is 49.2 Å². The fourth-order valence-corrected chi connectivity index (χ4v) is 8.66. The molecule has 2 fully saturated rings. The molecule has 5 amide bonds. The maximum Gasteiger partial charge on any atom is 0.341 e. The van der Waals surface area contributed by atoms with Gasteiger partial charge < -0.3 is 39.8 Å². The number of hydrogen-bond donors (Lipinski definition) is 4. The van der Waals surface area contributed by atoms with Crippen molar-refractivity contribution in [3.05, 3.63) is 29.8 Å². The van der Waals surface area contributed by atoms with Crippen molar-refractivity contribution >= 4 is 47.5 Å². The summed E-state index contributed by atoms with van der Waals surface area (Å²) in [5.41, 5.74) is 0.734. The normalized spacial score (nSPS) is 18.9. The van der Waals surface area contributed by atoms with Gasteiger partial charge in [0.25, 0.3) is 5.91 Å². The molecule has 1 aliphatic carbocycles. The number of likely N-dealkylation sites (N-methyl/N-ethyl adjacent to an activating group) is 2. The van der Waals surface area contributed by atoms with Gasteiger partial charge in [0.15, 0.2) is 6.61 Å². The zero-order valence-corrected chi connectivity index (χ0v) is 37.3. The summed E-state index contributed by atoms with van der Waals surface area (Å²) >= 11 is 1.35. The number of hydrogen-bond acceptors (Lipinski definition) is 11. The Labute approximate surface area is 354 Å². The molecule has 0 radical (unpaired) electrons. The van der Waals surface area contributed by atoms with Crippen molar-refractivity contribution in [2.75, 3.05) is 55.1 Å². The third kappa shape index (κ3) is 14.6. The van der Waals surface area contributed by atoms with Crippen LogP contribution in [0.1, 0.15) is 78.7 Å². The molecule has 8 atom stereocenters. The van der Waals surface area contributed by atoms with Gasteiger partial charge in [0, 0.05) is 39.5 Å². The van der Waals surface area contributed by atoms with Crippen LogP contribution in [0.2, 0.25) is 0 Å². The molecule has 1 saturated heterocycles. The van der Waals surface area contributed by atoms with Gasteiger partial charge in [-0.1, -0.05) is 53.2 Å². The molecule has 0 spiro atoms. The van der Waals surface area contributed by atoms with Crippen LogP contribution < -0.4 is 20.1 Å². The van der Waals surface area contributed by atoms with E-state index in [4.69, 9.17) is 19.3 Å². The molecule has 2 aliphatic rings. The van der Waals surface area contributed by atoms with Crippen LogP contribution in [0.5, 0.6) is 5.75 Å². The van der Waals surface area contributed by atoms with E-state index < -0.39 is 60.8 Å². The molecular weight excluding hydrogens is 781 g/mol. The van der Waals surface area contributed by atoms with E-state index in [9.17, 15) is 28.8 Å². The Balaban J connectivity index is 1.73. The van der Waals surface area contributed by atoms with E-state index in [0.29, 0.717) is 36.8 Å². The third-order valence-corrected chi connectivity index (χ3v) is 12.5. The van der Waals surface area contributed by atoms with E-state index in [2.05, 4.69) is 15.4 Å². The molecule has 1 heterocycles. The number of methoxy groups -OCH3 is 2. The number of carboxylic acids is 1. The lowest BCUT2D eigenvalue weighted by Gasteiger charge is -2.39. The summed E-state index contributed by atoms with van der Waals surface area (Å²) in [5, 5.41) is 15.0. The van der Waals surface area contributed by atoms with Crippen LogP contribution in [-0.4, -0.2) is 152 Å². The molecule has 8 unspecified atom stereocenters. The Morgan fingerprint density at radius 1 is 0.932 bits per heavy atom. The maximum atomic E-state index is 14.2. The minimum atomic E-state index is -1.10. The van der Waals surface area contributed by atoms with Crippen LogP contribution in [0.4, 0.5) is 0 Å². The minimum absolute atomic E-state index is 0.0138. The van der Waals surface area contributed by atoms with Gasteiger partial charge in [-0.25, -0.2) is 4.79 Å². The standard InChI is InChI=1S/C42H68N6O10S/c1-11-26(4)38(47(8)35(50)23-43-42(55)37(25(2)3)46(6)7)33(56-9)22-34(49)48-20-12-13-32(48)39(57-10)27(5)40(53)44-31(41(54)45-59-30-18-19-30)21-28-14-16-29(17-15-28)58-24-36(51)52/h14-17,25-27,30-33,37-39H,11-13,18-24H2,1-10H3,(H,43,55)(H,44,53)(H,45,54)(H,51,52). The highest BCUT2D eigenvalue weighted by atomic mass is 32.2. The molecular formula is C42H68N6O10S. The average Bonchev–Trinajstić information content (AvgIpc) is 3.91. The monoisotopic (exact) mass is 848 g/mol. The average molecular weight is 849 g/mol. The van der Waals surface area contributed by atoms with Gasteiger partial charge in [0.2, 0.25) is 23.6 Å².